The van der Waals surface area contributed by atoms with Crippen molar-refractivity contribution in [1.82, 2.24) is 0 Å². The molecular weight excluding hydrogens is 427 g/mol. The van der Waals surface area contributed by atoms with E-state index >= 15 is 0 Å². The van der Waals surface area contributed by atoms with Gasteiger partial charge in [0.25, 0.3) is 0 Å². The van der Waals surface area contributed by atoms with Gasteiger partial charge in [-0.05, 0) is 47.9 Å². The van der Waals surface area contributed by atoms with E-state index in [2.05, 4.69) is 11.6 Å². The summed E-state index contributed by atoms with van der Waals surface area (Å²) in [5.74, 6) is -4.68. The first-order valence-corrected chi connectivity index (χ1v) is 8.70. The third-order valence-corrected chi connectivity index (χ3v) is 4.39. The predicted octanol–water partition coefficient (Wildman–Crippen LogP) is 5.85. The minimum atomic E-state index is -4.89. The van der Waals surface area contributed by atoms with Gasteiger partial charge in [0.1, 0.15) is 0 Å². The molecule has 2 rings (SSSR count). The number of alkyl halides is 8. The molecular formula is C19H17ClF7NO. The Morgan fingerprint density at radius 3 is 2.14 bits per heavy atom. The third-order valence-electron chi connectivity index (χ3n) is 4.16. The summed E-state index contributed by atoms with van der Waals surface area (Å²) in [7, 11) is 0. The monoisotopic (exact) mass is 443 g/mol. The molecule has 0 aliphatic heterocycles. The molecule has 0 unspecified atom stereocenters. The first kappa shape index (κ1) is 23.3. The predicted molar refractivity (Wildman–Crippen MR) is 95.4 cm³/mol. The van der Waals surface area contributed by atoms with Crippen LogP contribution in [0.25, 0.3) is 0 Å². The smallest absolute Gasteiger partial charge is 0.382 e. The molecule has 0 saturated heterocycles. The van der Waals surface area contributed by atoms with Crippen LogP contribution < -0.4 is 4.90 Å². The summed E-state index contributed by atoms with van der Waals surface area (Å²) < 4.78 is 92.2. The third kappa shape index (κ3) is 5.76. The number of aliphatic hydroxyl groups excluding tert-OH is 1. The number of hydrogen-bond acceptors (Lipinski definition) is 2. The van der Waals surface area contributed by atoms with Gasteiger partial charge in [-0.1, -0.05) is 30.3 Å². The van der Waals surface area contributed by atoms with E-state index in [9.17, 15) is 35.8 Å². The van der Waals surface area contributed by atoms with Crippen LogP contribution in [0, 0.1) is 6.92 Å². The molecule has 0 aliphatic rings. The molecule has 0 fully saturated rings. The van der Waals surface area contributed by atoms with E-state index in [0.717, 1.165) is 28.7 Å². The molecule has 2 nitrogen and oxygen atoms in total. The van der Waals surface area contributed by atoms with Crippen LogP contribution in [0.3, 0.4) is 0 Å². The highest BCUT2D eigenvalue weighted by Gasteiger charge is 2.56. The quantitative estimate of drug-likeness (QED) is 0.429. The zero-order valence-electron chi connectivity index (χ0n) is 15.0. The first-order chi connectivity index (χ1) is 13.2. The van der Waals surface area contributed by atoms with E-state index in [-0.39, 0.29) is 12.1 Å². The minimum absolute atomic E-state index is 0.0407. The maximum Gasteiger partial charge on any atom is 0.416 e. The lowest BCUT2D eigenvalue weighted by Gasteiger charge is -2.29. The van der Waals surface area contributed by atoms with Crippen molar-refractivity contribution in [2.24, 2.45) is 0 Å². The summed E-state index contributed by atoms with van der Waals surface area (Å²) in [6.07, 6.45) is -7.59. The number of aryl methyl sites for hydroxylation is 1. The molecule has 29 heavy (non-hydrogen) atoms. The van der Waals surface area contributed by atoms with Crippen LogP contribution >= 0.6 is 11.6 Å². The fourth-order valence-corrected chi connectivity index (χ4v) is 2.76. The van der Waals surface area contributed by atoms with Crippen molar-refractivity contribution in [3.63, 3.8) is 0 Å². The molecule has 0 spiro atoms. The minimum Gasteiger partial charge on any atom is -0.382 e. The van der Waals surface area contributed by atoms with Gasteiger partial charge in [-0.15, -0.1) is 0 Å². The maximum absolute atomic E-state index is 13.8. The van der Waals surface area contributed by atoms with E-state index < -0.39 is 35.7 Å². The molecule has 0 saturated carbocycles. The van der Waals surface area contributed by atoms with E-state index in [1.807, 2.05) is 0 Å². The molecule has 0 bridgehead atoms. The lowest BCUT2D eigenvalue weighted by Crippen LogP contribution is -2.41. The van der Waals surface area contributed by atoms with Gasteiger partial charge in [0.05, 0.1) is 6.54 Å². The molecule has 160 valence electrons. The van der Waals surface area contributed by atoms with Gasteiger partial charge in [-0.25, -0.2) is 0 Å². The fraction of sp³-hybridized carbons (Fsp3) is 0.368. The van der Waals surface area contributed by atoms with Crippen molar-refractivity contribution < 1.29 is 35.8 Å². The lowest BCUT2D eigenvalue weighted by molar-refractivity contribution is -0.200. The Morgan fingerprint density at radius 1 is 0.966 bits per heavy atom. The summed E-state index contributed by atoms with van der Waals surface area (Å²) in [5, 5.41) is 4.61. The zero-order valence-corrected chi connectivity index (χ0v) is 15.8. The second kappa shape index (κ2) is 8.39. The van der Waals surface area contributed by atoms with Crippen molar-refractivity contribution in [2.45, 2.75) is 37.1 Å². The van der Waals surface area contributed by atoms with Crippen molar-refractivity contribution in [2.75, 3.05) is 11.4 Å². The summed E-state index contributed by atoms with van der Waals surface area (Å²) >= 11 is 4.50. The van der Waals surface area contributed by atoms with E-state index in [0.29, 0.717) is 5.69 Å². The normalized spacial score (nSPS) is 14.0. The Labute approximate surface area is 167 Å². The summed E-state index contributed by atoms with van der Waals surface area (Å²) in [5.41, 5.74) is -0.0151. The standard InChI is InChI=1S/C19H17ClF7NO/c1-12-4-2-7-15(8-12)28(11-16(29)18(23,24)25)10-13-5-3-6-14(9-13)17(21,22)19(20,26)27/h2-9,16,29H,10-11H2,1H3/t16-/m1/s1. The molecule has 10 heteroatoms. The summed E-state index contributed by atoms with van der Waals surface area (Å²) in [6.45, 7) is 0.485. The van der Waals surface area contributed by atoms with E-state index in [4.69, 9.17) is 0 Å². The van der Waals surface area contributed by atoms with Gasteiger partial charge in [0, 0.05) is 17.8 Å². The first-order valence-electron chi connectivity index (χ1n) is 8.32. The Hall–Kier alpha value is -2.00. The number of aliphatic hydroxyl groups is 1. The van der Waals surface area contributed by atoms with Gasteiger partial charge in [-0.3, -0.25) is 0 Å². The SMILES string of the molecule is Cc1cccc(N(Cc2cccc(C(F)(F)C(F)(F)Cl)c2)C[C@@H](O)C(F)(F)F)c1. The number of benzene rings is 2. The Balaban J connectivity index is 2.38. The largest absolute Gasteiger partial charge is 0.416 e. The fourth-order valence-electron chi connectivity index (χ4n) is 2.65. The molecule has 0 aromatic heterocycles. The van der Waals surface area contributed by atoms with Crippen molar-refractivity contribution >= 4 is 17.3 Å². The number of halogens is 8. The molecule has 0 heterocycles. The van der Waals surface area contributed by atoms with Gasteiger partial charge < -0.3 is 10.0 Å². The number of anilines is 1. The molecule has 0 radical (unpaired) electrons. The number of nitrogens with zero attached hydrogens (tertiary/aromatic N) is 1. The Morgan fingerprint density at radius 2 is 1.59 bits per heavy atom. The average Bonchev–Trinajstić information content (AvgIpc) is 2.59. The Bertz CT molecular complexity index is 836. The van der Waals surface area contributed by atoms with Gasteiger partial charge in [-0.2, -0.15) is 30.7 Å². The van der Waals surface area contributed by atoms with Crippen LogP contribution in [-0.2, 0) is 12.5 Å². The van der Waals surface area contributed by atoms with Crippen LogP contribution in [0.1, 0.15) is 16.7 Å². The van der Waals surface area contributed by atoms with Gasteiger partial charge in [0.2, 0.25) is 0 Å². The van der Waals surface area contributed by atoms with Crippen LogP contribution in [0.2, 0.25) is 0 Å². The topological polar surface area (TPSA) is 23.5 Å². The van der Waals surface area contributed by atoms with Gasteiger partial charge >= 0.3 is 17.5 Å². The lowest BCUT2D eigenvalue weighted by atomic mass is 10.0. The Kier molecular flexibility index (Phi) is 6.74. The highest BCUT2D eigenvalue weighted by Crippen LogP contribution is 2.45. The molecule has 2 aromatic carbocycles. The molecule has 1 N–H and O–H groups in total. The highest BCUT2D eigenvalue weighted by molar-refractivity contribution is 6.22. The molecule has 2 aromatic rings. The van der Waals surface area contributed by atoms with E-state index in [1.165, 1.54) is 12.1 Å². The highest BCUT2D eigenvalue weighted by atomic mass is 35.5. The second-order valence-corrected chi connectivity index (χ2v) is 7.02. The van der Waals surface area contributed by atoms with Crippen LogP contribution in [0.5, 0.6) is 0 Å². The van der Waals surface area contributed by atoms with Crippen LogP contribution in [0.4, 0.5) is 36.4 Å². The molecule has 0 aliphatic carbocycles. The summed E-state index contributed by atoms with van der Waals surface area (Å²) in [6, 6.07) is 10.2. The van der Waals surface area contributed by atoms with Crippen molar-refractivity contribution in [3.8, 4) is 0 Å². The number of hydrogen-bond donors (Lipinski definition) is 1. The van der Waals surface area contributed by atoms with Crippen molar-refractivity contribution in [1.29, 1.82) is 0 Å². The second-order valence-electron chi connectivity index (χ2n) is 6.55. The zero-order chi connectivity index (χ0) is 22.0. The van der Waals surface area contributed by atoms with Crippen LogP contribution in [-0.4, -0.2) is 29.3 Å². The van der Waals surface area contributed by atoms with E-state index in [1.54, 1.807) is 25.1 Å². The van der Waals surface area contributed by atoms with Crippen molar-refractivity contribution in [3.05, 3.63) is 65.2 Å². The number of rotatable bonds is 7. The molecule has 1 atom stereocenters. The molecule has 0 amide bonds. The van der Waals surface area contributed by atoms with Crippen LogP contribution in [0.15, 0.2) is 48.5 Å². The maximum atomic E-state index is 13.8. The van der Waals surface area contributed by atoms with Gasteiger partial charge in [0.15, 0.2) is 6.10 Å². The summed E-state index contributed by atoms with van der Waals surface area (Å²) in [4.78, 5) is 1.13. The average molecular weight is 444 g/mol.